The molecule has 0 atom stereocenters. The zero-order chi connectivity index (χ0) is 14.0. The maximum Gasteiger partial charge on any atom is 0.0955 e. The highest BCUT2D eigenvalue weighted by Crippen LogP contribution is 2.14. The molecule has 1 aromatic heterocycles. The molecule has 1 heterocycles. The number of rotatable bonds is 5. The molecule has 0 spiro atoms. The molecule has 104 valence electrons. The number of aryl methyl sites for hydroxylation is 1. The number of benzene rings is 1. The highest BCUT2D eigenvalue weighted by Gasteiger charge is 2.13. The van der Waals surface area contributed by atoms with Crippen molar-refractivity contribution in [2.75, 3.05) is 20.1 Å². The summed E-state index contributed by atoms with van der Waals surface area (Å²) >= 11 is 0. The zero-order valence-electron chi connectivity index (χ0n) is 12.3. The van der Waals surface area contributed by atoms with Crippen molar-refractivity contribution in [3.05, 3.63) is 30.1 Å². The minimum Gasteiger partial charge on any atom is -0.334 e. The molecule has 0 aliphatic rings. The fourth-order valence-electron chi connectivity index (χ4n) is 2.43. The van der Waals surface area contributed by atoms with Crippen molar-refractivity contribution in [3.8, 4) is 0 Å². The highest BCUT2D eigenvalue weighted by atomic mass is 15.1. The Morgan fingerprint density at radius 1 is 1.37 bits per heavy atom. The summed E-state index contributed by atoms with van der Waals surface area (Å²) in [5.74, 6) is 0. The van der Waals surface area contributed by atoms with E-state index in [0.717, 1.165) is 25.0 Å². The Kier molecular flexibility index (Phi) is 3.92. The minimum absolute atomic E-state index is 0.139. The van der Waals surface area contributed by atoms with E-state index in [1.54, 1.807) is 0 Å². The van der Waals surface area contributed by atoms with Gasteiger partial charge in [-0.2, -0.15) is 0 Å². The molecule has 2 rings (SSSR count). The maximum atomic E-state index is 6.03. The van der Waals surface area contributed by atoms with Gasteiger partial charge < -0.3 is 15.2 Å². The van der Waals surface area contributed by atoms with Gasteiger partial charge in [0.1, 0.15) is 0 Å². The Labute approximate surface area is 115 Å². The van der Waals surface area contributed by atoms with E-state index in [0.29, 0.717) is 0 Å². The Bertz CT molecular complexity index is 551. The first-order chi connectivity index (χ1) is 8.85. The average molecular weight is 260 g/mol. The average Bonchev–Trinajstić information content (AvgIpc) is 2.66. The van der Waals surface area contributed by atoms with Gasteiger partial charge in [-0.05, 0) is 45.0 Å². The number of nitrogens with zero attached hydrogens (tertiary/aromatic N) is 3. The topological polar surface area (TPSA) is 47.1 Å². The number of fused-ring (bicyclic) bond motifs is 1. The van der Waals surface area contributed by atoms with E-state index in [9.17, 15) is 0 Å². The third-order valence-corrected chi connectivity index (χ3v) is 3.25. The van der Waals surface area contributed by atoms with Crippen molar-refractivity contribution in [1.82, 2.24) is 14.5 Å². The first-order valence-corrected chi connectivity index (χ1v) is 6.72. The van der Waals surface area contributed by atoms with Crippen LogP contribution in [0.15, 0.2) is 24.5 Å². The van der Waals surface area contributed by atoms with Gasteiger partial charge in [0.2, 0.25) is 0 Å². The van der Waals surface area contributed by atoms with Crippen LogP contribution in [-0.2, 0) is 13.5 Å². The van der Waals surface area contributed by atoms with E-state index in [4.69, 9.17) is 5.73 Å². The largest absolute Gasteiger partial charge is 0.334 e. The third kappa shape index (κ3) is 3.78. The van der Waals surface area contributed by atoms with Crippen molar-refractivity contribution in [1.29, 1.82) is 0 Å². The molecule has 0 aliphatic carbocycles. The summed E-state index contributed by atoms with van der Waals surface area (Å²) in [5.41, 5.74) is 9.47. The molecular weight excluding hydrogens is 236 g/mol. The zero-order valence-corrected chi connectivity index (χ0v) is 12.3. The number of aromatic nitrogens is 2. The second kappa shape index (κ2) is 5.31. The fraction of sp³-hybridized carbons (Fsp3) is 0.533. The van der Waals surface area contributed by atoms with Crippen molar-refractivity contribution < 1.29 is 0 Å². The maximum absolute atomic E-state index is 6.03. The SMILES string of the molecule is CN(CCc1ccc2c(c1)ncn2C)CC(C)(C)N. The first-order valence-electron chi connectivity index (χ1n) is 6.72. The molecule has 0 aliphatic heterocycles. The molecule has 0 saturated heterocycles. The van der Waals surface area contributed by atoms with Crippen LogP contribution in [-0.4, -0.2) is 40.1 Å². The lowest BCUT2D eigenvalue weighted by molar-refractivity contribution is 0.273. The molecule has 2 N–H and O–H groups in total. The van der Waals surface area contributed by atoms with Gasteiger partial charge >= 0.3 is 0 Å². The molecule has 4 nitrogen and oxygen atoms in total. The number of hydrogen-bond acceptors (Lipinski definition) is 3. The number of hydrogen-bond donors (Lipinski definition) is 1. The monoisotopic (exact) mass is 260 g/mol. The van der Waals surface area contributed by atoms with Gasteiger partial charge in [0.05, 0.1) is 17.4 Å². The lowest BCUT2D eigenvalue weighted by Gasteiger charge is -2.26. The van der Waals surface area contributed by atoms with E-state index in [1.165, 1.54) is 11.1 Å². The first kappa shape index (κ1) is 14.0. The third-order valence-electron chi connectivity index (χ3n) is 3.25. The summed E-state index contributed by atoms with van der Waals surface area (Å²) in [6.07, 6.45) is 2.89. The summed E-state index contributed by atoms with van der Waals surface area (Å²) in [5, 5.41) is 0. The van der Waals surface area contributed by atoms with Gasteiger partial charge in [0.15, 0.2) is 0 Å². The van der Waals surface area contributed by atoms with Gasteiger partial charge in [-0.15, -0.1) is 0 Å². The second-order valence-corrected chi connectivity index (χ2v) is 6.15. The fourth-order valence-corrected chi connectivity index (χ4v) is 2.43. The lowest BCUT2D eigenvalue weighted by atomic mass is 10.1. The van der Waals surface area contributed by atoms with Crippen molar-refractivity contribution in [2.24, 2.45) is 12.8 Å². The summed E-state index contributed by atoms with van der Waals surface area (Å²) in [6, 6.07) is 6.51. The van der Waals surface area contributed by atoms with Crippen molar-refractivity contribution >= 4 is 11.0 Å². The van der Waals surface area contributed by atoms with Crippen LogP contribution in [0, 0.1) is 0 Å². The van der Waals surface area contributed by atoms with Gasteiger partial charge in [-0.3, -0.25) is 0 Å². The van der Waals surface area contributed by atoms with E-state index >= 15 is 0 Å². The molecular formula is C15H24N4. The highest BCUT2D eigenvalue weighted by molar-refractivity contribution is 5.75. The Morgan fingerprint density at radius 3 is 2.79 bits per heavy atom. The van der Waals surface area contributed by atoms with E-state index in [1.807, 2.05) is 17.9 Å². The van der Waals surface area contributed by atoms with Crippen molar-refractivity contribution in [2.45, 2.75) is 25.8 Å². The number of likely N-dealkylation sites (N-methyl/N-ethyl adjacent to an activating group) is 1. The standard InChI is InChI=1S/C15H24N4/c1-15(2,16)10-18(3)8-7-12-5-6-14-13(9-12)17-11-19(14)4/h5-6,9,11H,7-8,10,16H2,1-4H3. The van der Waals surface area contributed by atoms with E-state index in [-0.39, 0.29) is 5.54 Å². The Balaban J connectivity index is 1.98. The van der Waals surface area contributed by atoms with Crippen LogP contribution in [0.25, 0.3) is 11.0 Å². The van der Waals surface area contributed by atoms with Crippen LogP contribution >= 0.6 is 0 Å². The number of imidazole rings is 1. The molecule has 0 radical (unpaired) electrons. The Hall–Kier alpha value is -1.39. The van der Waals surface area contributed by atoms with Crippen LogP contribution in [0.1, 0.15) is 19.4 Å². The summed E-state index contributed by atoms with van der Waals surface area (Å²) in [7, 11) is 4.14. The molecule has 1 aromatic carbocycles. The predicted molar refractivity (Wildman–Crippen MR) is 80.2 cm³/mol. The van der Waals surface area contributed by atoms with Gasteiger partial charge in [0.25, 0.3) is 0 Å². The summed E-state index contributed by atoms with van der Waals surface area (Å²) in [6.45, 7) is 6.03. The van der Waals surface area contributed by atoms with Crippen LogP contribution in [0.3, 0.4) is 0 Å². The molecule has 0 saturated carbocycles. The van der Waals surface area contributed by atoms with Gasteiger partial charge in [-0.25, -0.2) is 4.98 Å². The quantitative estimate of drug-likeness (QED) is 0.891. The molecule has 0 fully saturated rings. The van der Waals surface area contributed by atoms with E-state index in [2.05, 4.69) is 49.0 Å². The molecule has 0 unspecified atom stereocenters. The molecule has 19 heavy (non-hydrogen) atoms. The smallest absolute Gasteiger partial charge is 0.0955 e. The lowest BCUT2D eigenvalue weighted by Crippen LogP contribution is -2.44. The van der Waals surface area contributed by atoms with Crippen LogP contribution in [0.5, 0.6) is 0 Å². The van der Waals surface area contributed by atoms with Crippen LogP contribution < -0.4 is 5.73 Å². The molecule has 2 aromatic rings. The Morgan fingerprint density at radius 2 is 2.11 bits per heavy atom. The van der Waals surface area contributed by atoms with Crippen LogP contribution in [0.2, 0.25) is 0 Å². The van der Waals surface area contributed by atoms with Crippen LogP contribution in [0.4, 0.5) is 0 Å². The number of nitrogens with two attached hydrogens (primary N) is 1. The summed E-state index contributed by atoms with van der Waals surface area (Å²) in [4.78, 5) is 6.68. The second-order valence-electron chi connectivity index (χ2n) is 6.15. The van der Waals surface area contributed by atoms with Crippen molar-refractivity contribution in [3.63, 3.8) is 0 Å². The van der Waals surface area contributed by atoms with Gasteiger partial charge in [-0.1, -0.05) is 6.07 Å². The minimum atomic E-state index is -0.139. The van der Waals surface area contributed by atoms with Gasteiger partial charge in [0, 0.05) is 25.7 Å². The molecule has 0 bridgehead atoms. The summed E-state index contributed by atoms with van der Waals surface area (Å²) < 4.78 is 2.04. The van der Waals surface area contributed by atoms with E-state index < -0.39 is 0 Å². The normalized spacial score (nSPS) is 12.5. The molecule has 0 amide bonds. The predicted octanol–water partition coefficient (Wildman–Crippen LogP) is 1.78. The molecule has 4 heteroatoms.